The molecule has 0 aromatic rings. The number of likely N-dealkylation sites (tertiary alicyclic amines) is 1. The van der Waals surface area contributed by atoms with E-state index in [-0.39, 0.29) is 29.4 Å². The summed E-state index contributed by atoms with van der Waals surface area (Å²) in [6, 6.07) is 0.899. The largest absolute Gasteiger partial charge is 0.377 e. The molecule has 1 saturated carbocycles. The van der Waals surface area contributed by atoms with E-state index in [9.17, 15) is 0 Å². The van der Waals surface area contributed by atoms with Crippen LogP contribution in [0.4, 0.5) is 0 Å². The lowest BCUT2D eigenvalue weighted by molar-refractivity contribution is -0.0835. The van der Waals surface area contributed by atoms with Gasteiger partial charge in [-0.05, 0) is 56.9 Å². The highest BCUT2D eigenvalue weighted by atomic mass is 127. The highest BCUT2D eigenvalue weighted by Gasteiger charge is 2.36. The van der Waals surface area contributed by atoms with Gasteiger partial charge in [-0.3, -0.25) is 4.99 Å². The third kappa shape index (κ3) is 7.03. The van der Waals surface area contributed by atoms with Crippen molar-refractivity contribution in [2.75, 3.05) is 39.3 Å². The maximum absolute atomic E-state index is 6.12. The van der Waals surface area contributed by atoms with Crippen LogP contribution in [0.1, 0.15) is 59.8 Å². The van der Waals surface area contributed by atoms with Gasteiger partial charge >= 0.3 is 0 Å². The molecule has 158 valence electrons. The molecule has 0 radical (unpaired) electrons. The van der Waals surface area contributed by atoms with E-state index in [2.05, 4.69) is 43.2 Å². The average molecular weight is 492 g/mol. The third-order valence-electron chi connectivity index (χ3n) is 6.06. The van der Waals surface area contributed by atoms with Crippen molar-refractivity contribution < 1.29 is 4.74 Å². The Morgan fingerprint density at radius 2 is 1.93 bits per heavy atom. The molecule has 0 amide bonds. The van der Waals surface area contributed by atoms with E-state index in [4.69, 9.17) is 9.73 Å². The normalized spacial score (nSPS) is 30.1. The molecule has 0 aromatic carbocycles. The van der Waals surface area contributed by atoms with Gasteiger partial charge in [0, 0.05) is 44.7 Å². The Bertz CT molecular complexity index is 475. The zero-order valence-electron chi connectivity index (χ0n) is 17.8. The fraction of sp³-hybridized carbons (Fsp3) is 0.952. The molecule has 0 spiro atoms. The van der Waals surface area contributed by atoms with Crippen LogP contribution in [0.25, 0.3) is 0 Å². The highest BCUT2D eigenvalue weighted by molar-refractivity contribution is 14.0. The number of aliphatic imine (C=N–C) groups is 1. The number of ether oxygens (including phenoxy) is 1. The minimum absolute atomic E-state index is 0. The highest BCUT2D eigenvalue weighted by Crippen LogP contribution is 2.34. The predicted molar refractivity (Wildman–Crippen MR) is 124 cm³/mol. The molecule has 6 heteroatoms. The monoisotopic (exact) mass is 492 g/mol. The van der Waals surface area contributed by atoms with Crippen LogP contribution in [0.5, 0.6) is 0 Å². The van der Waals surface area contributed by atoms with Crippen molar-refractivity contribution in [2.24, 2.45) is 22.2 Å². The summed E-state index contributed by atoms with van der Waals surface area (Å²) in [7, 11) is 0. The number of hydrogen-bond acceptors (Lipinski definition) is 3. The first-order valence-electron chi connectivity index (χ1n) is 10.8. The zero-order chi connectivity index (χ0) is 18.6. The Balaban J connectivity index is 0.00000261. The van der Waals surface area contributed by atoms with E-state index in [0.29, 0.717) is 12.0 Å². The van der Waals surface area contributed by atoms with E-state index >= 15 is 0 Å². The van der Waals surface area contributed by atoms with Crippen LogP contribution in [-0.2, 0) is 4.74 Å². The van der Waals surface area contributed by atoms with Crippen molar-refractivity contribution in [1.82, 2.24) is 15.5 Å². The molecule has 2 heterocycles. The van der Waals surface area contributed by atoms with Gasteiger partial charge in [-0.15, -0.1) is 24.0 Å². The van der Waals surface area contributed by atoms with E-state index in [0.717, 1.165) is 44.2 Å². The quantitative estimate of drug-likeness (QED) is 0.339. The lowest BCUT2D eigenvalue weighted by Crippen LogP contribution is -2.47. The number of nitrogens with one attached hydrogen (secondary N) is 2. The zero-order valence-corrected chi connectivity index (χ0v) is 20.1. The van der Waals surface area contributed by atoms with E-state index in [1.165, 1.54) is 45.2 Å². The second-order valence-corrected chi connectivity index (χ2v) is 9.54. The first kappa shape index (κ1) is 23.2. The number of nitrogens with zero attached hydrogens (tertiary/aromatic N) is 2. The van der Waals surface area contributed by atoms with Crippen LogP contribution >= 0.6 is 24.0 Å². The molecule has 1 aliphatic carbocycles. The Labute approximate surface area is 183 Å². The summed E-state index contributed by atoms with van der Waals surface area (Å²) >= 11 is 0. The van der Waals surface area contributed by atoms with Gasteiger partial charge in [0.2, 0.25) is 0 Å². The third-order valence-corrected chi connectivity index (χ3v) is 6.06. The van der Waals surface area contributed by atoms with Crippen LogP contribution in [0.3, 0.4) is 0 Å². The molecule has 2 saturated heterocycles. The van der Waals surface area contributed by atoms with Crippen molar-refractivity contribution >= 4 is 29.9 Å². The summed E-state index contributed by atoms with van der Waals surface area (Å²) in [6.45, 7) is 15.3. The van der Waals surface area contributed by atoms with Crippen molar-refractivity contribution in [1.29, 1.82) is 0 Å². The summed E-state index contributed by atoms with van der Waals surface area (Å²) in [5.41, 5.74) is 0.193. The summed E-state index contributed by atoms with van der Waals surface area (Å²) < 4.78 is 6.12. The van der Waals surface area contributed by atoms with Crippen LogP contribution in [-0.4, -0.2) is 62.3 Å². The number of guanidine groups is 1. The summed E-state index contributed by atoms with van der Waals surface area (Å²) in [4.78, 5) is 7.58. The molecule has 0 aromatic heterocycles. The van der Waals surface area contributed by atoms with Crippen molar-refractivity contribution in [3.05, 3.63) is 0 Å². The molecule has 3 fully saturated rings. The van der Waals surface area contributed by atoms with Gasteiger partial charge in [0.25, 0.3) is 0 Å². The van der Waals surface area contributed by atoms with Gasteiger partial charge in [0.05, 0.1) is 6.10 Å². The first-order chi connectivity index (χ1) is 12.5. The van der Waals surface area contributed by atoms with Crippen LogP contribution in [0, 0.1) is 17.3 Å². The Morgan fingerprint density at radius 1 is 1.15 bits per heavy atom. The number of halogens is 1. The fourth-order valence-electron chi connectivity index (χ4n) is 4.58. The topological polar surface area (TPSA) is 48.9 Å². The van der Waals surface area contributed by atoms with Crippen LogP contribution in [0.2, 0.25) is 0 Å². The van der Waals surface area contributed by atoms with Crippen molar-refractivity contribution in [3.8, 4) is 0 Å². The maximum Gasteiger partial charge on any atom is 0.191 e. The number of rotatable bonds is 6. The van der Waals surface area contributed by atoms with Gasteiger partial charge in [0.1, 0.15) is 0 Å². The van der Waals surface area contributed by atoms with Gasteiger partial charge in [-0.25, -0.2) is 0 Å². The molecule has 27 heavy (non-hydrogen) atoms. The van der Waals surface area contributed by atoms with Gasteiger partial charge in [-0.1, -0.05) is 20.8 Å². The van der Waals surface area contributed by atoms with Gasteiger partial charge in [0.15, 0.2) is 5.96 Å². The average Bonchev–Trinajstić information content (AvgIpc) is 3.35. The van der Waals surface area contributed by atoms with E-state index in [1.807, 2.05) is 0 Å². The van der Waals surface area contributed by atoms with E-state index < -0.39 is 0 Å². The van der Waals surface area contributed by atoms with Crippen LogP contribution in [0.15, 0.2) is 4.99 Å². The first-order valence-corrected chi connectivity index (χ1v) is 10.8. The maximum atomic E-state index is 6.12. The molecule has 2 N–H and O–H groups in total. The van der Waals surface area contributed by atoms with Gasteiger partial charge < -0.3 is 20.3 Å². The summed E-state index contributed by atoms with van der Waals surface area (Å²) in [6.07, 6.45) is 6.88. The Hall–Kier alpha value is -0.0800. The second-order valence-electron chi connectivity index (χ2n) is 9.54. The number of hydrogen-bond donors (Lipinski definition) is 2. The molecule has 3 aliphatic rings. The van der Waals surface area contributed by atoms with Crippen molar-refractivity contribution in [2.45, 2.75) is 71.9 Å². The minimum atomic E-state index is 0. The summed E-state index contributed by atoms with van der Waals surface area (Å²) in [5.74, 6) is 2.27. The molecular formula is C21H41IN4O. The molecule has 3 unspecified atom stereocenters. The molecule has 3 atom stereocenters. The smallest absolute Gasteiger partial charge is 0.191 e. The lowest BCUT2D eigenvalue weighted by Gasteiger charge is -2.40. The minimum Gasteiger partial charge on any atom is -0.377 e. The molecular weight excluding hydrogens is 451 g/mol. The van der Waals surface area contributed by atoms with E-state index in [1.54, 1.807) is 0 Å². The Kier molecular flexibility index (Phi) is 9.13. The predicted octanol–water partition coefficient (Wildman–Crippen LogP) is 3.49. The molecule has 3 rings (SSSR count). The van der Waals surface area contributed by atoms with Crippen LogP contribution < -0.4 is 10.6 Å². The molecule has 0 bridgehead atoms. The molecule has 2 aliphatic heterocycles. The second kappa shape index (κ2) is 10.6. The fourth-order valence-corrected chi connectivity index (χ4v) is 4.58. The Morgan fingerprint density at radius 3 is 2.59 bits per heavy atom. The molecule has 5 nitrogen and oxygen atoms in total. The van der Waals surface area contributed by atoms with Crippen molar-refractivity contribution in [3.63, 3.8) is 0 Å². The lowest BCUT2D eigenvalue weighted by atomic mass is 9.78. The summed E-state index contributed by atoms with van der Waals surface area (Å²) in [5, 5.41) is 7.04. The SMILES string of the molecule is CCNC(=NCC1CCN(C2CC2)C1)NCC1CCCOC1C(C)(C)C.I. The van der Waals surface area contributed by atoms with Gasteiger partial charge in [-0.2, -0.15) is 0 Å². The standard InChI is InChI=1S/C21H40N4O.HI/c1-5-22-20(23-13-16-10-11-25(15-16)18-8-9-18)24-14-17-7-6-12-26-19(17)21(2,3)4;/h16-19H,5-15H2,1-4H3,(H2,22,23,24);1H.